The minimum atomic E-state index is -0.314. The summed E-state index contributed by atoms with van der Waals surface area (Å²) in [5.41, 5.74) is 4.22. The van der Waals surface area contributed by atoms with Gasteiger partial charge in [-0.25, -0.2) is 0 Å². The predicted molar refractivity (Wildman–Crippen MR) is 106 cm³/mol. The topological polar surface area (TPSA) is 87.3 Å². The van der Waals surface area contributed by atoms with E-state index in [4.69, 9.17) is 0 Å². The molecule has 0 saturated heterocycles. The van der Waals surface area contributed by atoms with Gasteiger partial charge in [-0.05, 0) is 67.8 Å². The van der Waals surface area contributed by atoms with Crippen molar-refractivity contribution >= 4 is 34.8 Å². The number of hydrogen-bond donors (Lipinski definition) is 3. The van der Waals surface area contributed by atoms with E-state index in [1.165, 1.54) is 6.92 Å². The lowest BCUT2D eigenvalue weighted by Gasteiger charge is -2.08. The number of hydrogen-bond acceptors (Lipinski definition) is 3. The van der Waals surface area contributed by atoms with E-state index in [1.54, 1.807) is 24.3 Å². The molecule has 0 radical (unpaired) electrons. The average Bonchev–Trinajstić information content (AvgIpc) is 3.36. The molecule has 0 bridgehead atoms. The van der Waals surface area contributed by atoms with E-state index in [-0.39, 0.29) is 29.6 Å². The number of carbonyl (C=O) groups excluding carboxylic acids is 3. The van der Waals surface area contributed by atoms with Gasteiger partial charge in [0.25, 0.3) is 0 Å². The molecule has 6 nitrogen and oxygen atoms in total. The molecule has 0 aromatic heterocycles. The molecule has 1 fully saturated rings. The highest BCUT2D eigenvalue weighted by molar-refractivity contribution is 6.03. The van der Waals surface area contributed by atoms with Gasteiger partial charge in [-0.2, -0.15) is 0 Å². The highest BCUT2D eigenvalue weighted by atomic mass is 16.2. The van der Waals surface area contributed by atoms with Crippen LogP contribution in [0.3, 0.4) is 0 Å². The van der Waals surface area contributed by atoms with Crippen LogP contribution in [0.4, 0.5) is 17.1 Å². The first-order valence-corrected chi connectivity index (χ1v) is 8.89. The summed E-state index contributed by atoms with van der Waals surface area (Å²) in [6, 6.07) is 12.7. The first-order valence-electron chi connectivity index (χ1n) is 8.89. The lowest BCUT2D eigenvalue weighted by atomic mass is 10.1. The fourth-order valence-electron chi connectivity index (χ4n) is 3.13. The predicted octanol–water partition coefficient (Wildman–Crippen LogP) is 3.48. The fraction of sp³-hybridized carbons (Fsp3) is 0.286. The van der Waals surface area contributed by atoms with Crippen LogP contribution in [0.1, 0.15) is 24.5 Å². The van der Waals surface area contributed by atoms with Crippen molar-refractivity contribution < 1.29 is 14.4 Å². The largest absolute Gasteiger partial charge is 0.326 e. The molecular weight excluding hydrogens is 342 g/mol. The summed E-state index contributed by atoms with van der Waals surface area (Å²) in [6.45, 7) is 5.40. The zero-order valence-corrected chi connectivity index (χ0v) is 15.6. The lowest BCUT2D eigenvalue weighted by molar-refractivity contribution is -0.122. The van der Waals surface area contributed by atoms with Gasteiger partial charge in [0.15, 0.2) is 0 Å². The Kier molecular flexibility index (Phi) is 5.26. The first kappa shape index (κ1) is 18.6. The Hall–Kier alpha value is -3.15. The molecule has 1 aliphatic rings. The first-order chi connectivity index (χ1) is 12.8. The molecule has 3 N–H and O–H groups in total. The van der Waals surface area contributed by atoms with E-state index in [0.29, 0.717) is 17.8 Å². The Balaban J connectivity index is 1.53. The quantitative estimate of drug-likeness (QED) is 0.758. The average molecular weight is 365 g/mol. The highest BCUT2D eigenvalue weighted by Crippen LogP contribution is 2.40. The van der Waals surface area contributed by atoms with Crippen molar-refractivity contribution in [1.29, 1.82) is 0 Å². The molecule has 3 rings (SSSR count). The van der Waals surface area contributed by atoms with Crippen molar-refractivity contribution in [3.05, 3.63) is 53.6 Å². The molecule has 6 heteroatoms. The van der Waals surface area contributed by atoms with Gasteiger partial charge >= 0.3 is 0 Å². The summed E-state index contributed by atoms with van der Waals surface area (Å²) >= 11 is 0. The van der Waals surface area contributed by atoms with Crippen LogP contribution in [0.25, 0.3) is 0 Å². The van der Waals surface area contributed by atoms with Gasteiger partial charge in [-0.3, -0.25) is 14.4 Å². The van der Waals surface area contributed by atoms with Crippen molar-refractivity contribution in [1.82, 2.24) is 0 Å². The van der Waals surface area contributed by atoms with E-state index in [1.807, 2.05) is 32.0 Å². The van der Waals surface area contributed by atoms with Gasteiger partial charge in [0.2, 0.25) is 17.7 Å². The molecule has 2 unspecified atom stereocenters. The third-order valence-corrected chi connectivity index (χ3v) is 4.43. The fourth-order valence-corrected chi connectivity index (χ4v) is 3.13. The Morgan fingerprint density at radius 1 is 0.741 bits per heavy atom. The second-order valence-corrected chi connectivity index (χ2v) is 7.06. The summed E-state index contributed by atoms with van der Waals surface area (Å²) in [6.07, 6.45) is 0.548. The molecular formula is C21H23N3O3. The summed E-state index contributed by atoms with van der Waals surface area (Å²) in [5, 5.41) is 8.39. The normalized spacial score (nSPS) is 17.7. The zero-order valence-electron chi connectivity index (χ0n) is 15.6. The molecule has 1 saturated carbocycles. The Morgan fingerprint density at radius 3 is 1.67 bits per heavy atom. The van der Waals surface area contributed by atoms with E-state index < -0.39 is 0 Å². The number of carbonyl (C=O) groups is 3. The summed E-state index contributed by atoms with van der Waals surface area (Å²) < 4.78 is 0. The van der Waals surface area contributed by atoms with E-state index in [0.717, 1.165) is 16.8 Å². The minimum absolute atomic E-state index is 0.124. The van der Waals surface area contributed by atoms with Crippen LogP contribution >= 0.6 is 0 Å². The van der Waals surface area contributed by atoms with Gasteiger partial charge in [0.05, 0.1) is 11.8 Å². The van der Waals surface area contributed by atoms with Gasteiger partial charge in [0.1, 0.15) is 0 Å². The third-order valence-electron chi connectivity index (χ3n) is 4.43. The van der Waals surface area contributed by atoms with Crippen LogP contribution < -0.4 is 16.0 Å². The molecule has 0 spiro atoms. The number of amides is 3. The van der Waals surface area contributed by atoms with Crippen LogP contribution in [-0.4, -0.2) is 17.7 Å². The molecule has 2 aromatic carbocycles. The SMILES string of the molecule is CC(=O)Nc1ccc(NC(=O)C2CC2C(=O)Nc2cc(C)cc(C)c2)cc1. The van der Waals surface area contributed by atoms with Crippen LogP contribution in [0, 0.1) is 25.7 Å². The smallest absolute Gasteiger partial charge is 0.228 e. The van der Waals surface area contributed by atoms with Crippen LogP contribution in [0.2, 0.25) is 0 Å². The summed E-state index contributed by atoms with van der Waals surface area (Å²) in [5.74, 6) is -1.05. The number of nitrogens with one attached hydrogen (secondary N) is 3. The molecule has 2 aromatic rings. The van der Waals surface area contributed by atoms with Crippen molar-refractivity contribution in [2.45, 2.75) is 27.2 Å². The standard InChI is InChI=1S/C21H23N3O3/c1-12-8-13(2)10-17(9-12)24-21(27)19-11-18(19)20(26)23-16-6-4-15(5-7-16)22-14(3)25/h4-10,18-19H,11H2,1-3H3,(H,22,25)(H,23,26)(H,24,27). The maximum atomic E-state index is 12.4. The van der Waals surface area contributed by atoms with Crippen molar-refractivity contribution in [3.8, 4) is 0 Å². The van der Waals surface area contributed by atoms with Crippen molar-refractivity contribution in [2.24, 2.45) is 11.8 Å². The lowest BCUT2D eigenvalue weighted by Crippen LogP contribution is -2.20. The number of rotatable bonds is 5. The molecule has 27 heavy (non-hydrogen) atoms. The number of aryl methyl sites for hydroxylation is 2. The van der Waals surface area contributed by atoms with Crippen molar-refractivity contribution in [2.75, 3.05) is 16.0 Å². The van der Waals surface area contributed by atoms with Crippen molar-refractivity contribution in [3.63, 3.8) is 0 Å². The Labute approximate surface area is 158 Å². The van der Waals surface area contributed by atoms with E-state index in [9.17, 15) is 14.4 Å². The second-order valence-electron chi connectivity index (χ2n) is 7.06. The third kappa shape index (κ3) is 4.94. The Morgan fingerprint density at radius 2 is 1.19 bits per heavy atom. The van der Waals surface area contributed by atoms with Crippen LogP contribution in [0.15, 0.2) is 42.5 Å². The van der Waals surface area contributed by atoms with E-state index >= 15 is 0 Å². The molecule has 0 aliphatic heterocycles. The summed E-state index contributed by atoms with van der Waals surface area (Å²) in [7, 11) is 0. The maximum Gasteiger partial charge on any atom is 0.228 e. The molecule has 3 amide bonds. The highest BCUT2D eigenvalue weighted by Gasteiger charge is 2.48. The van der Waals surface area contributed by atoms with Gasteiger partial charge < -0.3 is 16.0 Å². The number of benzene rings is 2. The van der Waals surface area contributed by atoms with Crippen LogP contribution in [-0.2, 0) is 14.4 Å². The van der Waals surface area contributed by atoms with Crippen LogP contribution in [0.5, 0.6) is 0 Å². The van der Waals surface area contributed by atoms with Gasteiger partial charge in [-0.15, -0.1) is 0 Å². The van der Waals surface area contributed by atoms with Gasteiger partial charge in [-0.1, -0.05) is 6.07 Å². The molecule has 1 aliphatic carbocycles. The molecule has 2 atom stereocenters. The number of anilines is 3. The van der Waals surface area contributed by atoms with E-state index in [2.05, 4.69) is 16.0 Å². The molecule has 140 valence electrons. The van der Waals surface area contributed by atoms with Gasteiger partial charge in [0, 0.05) is 24.0 Å². The maximum absolute atomic E-state index is 12.4. The minimum Gasteiger partial charge on any atom is -0.326 e. The zero-order chi connectivity index (χ0) is 19.6. The monoisotopic (exact) mass is 365 g/mol. The Bertz CT molecular complexity index is 870. The molecule has 0 heterocycles. The second kappa shape index (κ2) is 7.61. The summed E-state index contributed by atoms with van der Waals surface area (Å²) in [4.78, 5) is 35.8.